The summed E-state index contributed by atoms with van der Waals surface area (Å²) in [6, 6.07) is 66.2. The maximum absolute atomic E-state index is 2.40. The third-order valence-corrected chi connectivity index (χ3v) is 10.8. The van der Waals surface area contributed by atoms with E-state index in [9.17, 15) is 0 Å². The highest BCUT2D eigenvalue weighted by molar-refractivity contribution is 6.28. The zero-order chi connectivity index (χ0) is 37.3. The second-order valence-corrected chi connectivity index (χ2v) is 14.1. The van der Waals surface area contributed by atoms with Crippen LogP contribution in [0.2, 0.25) is 0 Å². The molecular weight excluding hydrogens is 665 g/mol. The molecule has 55 heavy (non-hydrogen) atoms. The first-order chi connectivity index (χ1) is 27.1. The van der Waals surface area contributed by atoms with Crippen LogP contribution in [0.4, 0.5) is 17.1 Å². The van der Waals surface area contributed by atoms with E-state index in [2.05, 4.69) is 211 Å². The van der Waals surface area contributed by atoms with Crippen LogP contribution in [-0.4, -0.2) is 4.57 Å². The average molecular weight is 707 g/mol. The monoisotopic (exact) mass is 706 g/mol. The Morgan fingerprint density at radius 2 is 1.04 bits per heavy atom. The Hall–Kier alpha value is -6.90. The Morgan fingerprint density at radius 1 is 0.491 bits per heavy atom. The Morgan fingerprint density at radius 3 is 1.64 bits per heavy atom. The van der Waals surface area contributed by atoms with Crippen LogP contribution in [0, 0.1) is 0 Å². The number of rotatable bonds is 6. The molecule has 0 aliphatic rings. The number of aromatic nitrogens is 1. The van der Waals surface area contributed by atoms with Gasteiger partial charge in [0.25, 0.3) is 0 Å². The third-order valence-electron chi connectivity index (χ3n) is 10.8. The summed E-state index contributed by atoms with van der Waals surface area (Å²) in [5.41, 5.74) is 10.8. The van der Waals surface area contributed by atoms with E-state index in [4.69, 9.17) is 0 Å². The highest BCUT2D eigenvalue weighted by Crippen LogP contribution is 2.45. The van der Waals surface area contributed by atoms with Crippen LogP contribution in [0.15, 0.2) is 206 Å². The number of anilines is 3. The van der Waals surface area contributed by atoms with Gasteiger partial charge in [-0.2, -0.15) is 0 Å². The van der Waals surface area contributed by atoms with Crippen molar-refractivity contribution in [1.82, 2.24) is 4.57 Å². The molecule has 0 saturated carbocycles. The number of allylic oxidation sites excluding steroid dienone is 4. The minimum absolute atomic E-state index is 1.14. The smallest absolute Gasteiger partial charge is 0.0541 e. The van der Waals surface area contributed by atoms with Gasteiger partial charge in [0.05, 0.1) is 16.7 Å². The molecule has 2 nitrogen and oxygen atoms in total. The van der Waals surface area contributed by atoms with Crippen LogP contribution in [0.5, 0.6) is 0 Å². The van der Waals surface area contributed by atoms with E-state index in [1.165, 1.54) is 82.2 Å². The SMILES string of the molecule is C/C=C\C(C)=C\C.c1ccc(N(c2ccccc2)c2ccc3ccc4c(-c5cccc(-n6c7ccccc7c7ccccc76)c5)ccc5ccc2c3c54)cc1. The van der Waals surface area contributed by atoms with E-state index in [1.807, 2.05) is 19.9 Å². The first-order valence-electron chi connectivity index (χ1n) is 19.1. The zero-order valence-electron chi connectivity index (χ0n) is 31.4. The van der Waals surface area contributed by atoms with Gasteiger partial charge in [-0.1, -0.05) is 151 Å². The molecule has 0 bridgehead atoms. The van der Waals surface area contributed by atoms with Crippen LogP contribution in [0.1, 0.15) is 20.8 Å². The molecule has 264 valence electrons. The molecule has 0 fully saturated rings. The first-order valence-corrected chi connectivity index (χ1v) is 19.1. The van der Waals surface area contributed by atoms with Crippen molar-refractivity contribution in [2.75, 3.05) is 4.90 Å². The van der Waals surface area contributed by atoms with Gasteiger partial charge in [-0.05, 0) is 113 Å². The number of hydrogen-bond donors (Lipinski definition) is 0. The van der Waals surface area contributed by atoms with Crippen LogP contribution in [0.3, 0.4) is 0 Å². The predicted octanol–water partition coefficient (Wildman–Crippen LogP) is 15.3. The molecule has 0 unspecified atom stereocenters. The van der Waals surface area contributed by atoms with Crippen molar-refractivity contribution in [2.45, 2.75) is 20.8 Å². The quantitative estimate of drug-likeness (QED) is 0.123. The molecule has 0 amide bonds. The number of para-hydroxylation sites is 4. The van der Waals surface area contributed by atoms with Crippen molar-refractivity contribution in [1.29, 1.82) is 0 Å². The highest BCUT2D eigenvalue weighted by atomic mass is 15.1. The van der Waals surface area contributed by atoms with Gasteiger partial charge in [-0.3, -0.25) is 0 Å². The minimum atomic E-state index is 1.14. The van der Waals surface area contributed by atoms with Crippen LogP contribution < -0.4 is 4.90 Å². The topological polar surface area (TPSA) is 8.17 Å². The number of hydrogen-bond acceptors (Lipinski definition) is 1. The van der Waals surface area contributed by atoms with Gasteiger partial charge < -0.3 is 9.47 Å². The summed E-state index contributed by atoms with van der Waals surface area (Å²) in [5.74, 6) is 0. The summed E-state index contributed by atoms with van der Waals surface area (Å²) >= 11 is 0. The van der Waals surface area contributed by atoms with Crippen molar-refractivity contribution >= 4 is 71.2 Å². The molecule has 1 aromatic heterocycles. The Balaban J connectivity index is 0.000000521. The molecule has 0 atom stereocenters. The van der Waals surface area contributed by atoms with Gasteiger partial charge in [-0.15, -0.1) is 0 Å². The van der Waals surface area contributed by atoms with E-state index in [1.54, 1.807) is 0 Å². The normalized spacial score (nSPS) is 11.9. The first kappa shape index (κ1) is 33.9. The van der Waals surface area contributed by atoms with Gasteiger partial charge in [0.1, 0.15) is 0 Å². The number of nitrogens with zero attached hydrogens (tertiary/aromatic N) is 2. The maximum Gasteiger partial charge on any atom is 0.0541 e. The van der Waals surface area contributed by atoms with Crippen molar-refractivity contribution in [2.24, 2.45) is 0 Å². The minimum Gasteiger partial charge on any atom is -0.310 e. The second kappa shape index (κ2) is 14.5. The van der Waals surface area contributed by atoms with Crippen molar-refractivity contribution in [3.8, 4) is 16.8 Å². The molecule has 10 aromatic rings. The van der Waals surface area contributed by atoms with Crippen LogP contribution in [-0.2, 0) is 0 Å². The molecule has 0 saturated heterocycles. The van der Waals surface area contributed by atoms with E-state index >= 15 is 0 Å². The third kappa shape index (κ3) is 6.02. The summed E-state index contributed by atoms with van der Waals surface area (Å²) in [5, 5.41) is 10.2. The predicted molar refractivity (Wildman–Crippen MR) is 239 cm³/mol. The van der Waals surface area contributed by atoms with Gasteiger partial charge in [0.2, 0.25) is 0 Å². The number of benzene rings is 9. The van der Waals surface area contributed by atoms with Gasteiger partial charge in [0, 0.05) is 33.2 Å². The van der Waals surface area contributed by atoms with Crippen molar-refractivity contribution in [3.63, 3.8) is 0 Å². The summed E-state index contributed by atoms with van der Waals surface area (Å²) in [7, 11) is 0. The van der Waals surface area contributed by atoms with Gasteiger partial charge >= 0.3 is 0 Å². The standard InChI is InChI=1S/C46H30N2.C7H12/c1-3-13-34(14-4-1)47(35-15-5-2-6-16-35)44-29-25-32-23-27-40-37(26-22-31-24-28-41(44)46(32)45(31)40)33-12-11-17-36(30-33)48-42-20-9-7-18-38(42)39-19-8-10-21-43(39)48;1-4-6-7(3)5-2/h1-30H;4-6H,1-3H3/b;6-4-,7-5+. The van der Waals surface area contributed by atoms with E-state index < -0.39 is 0 Å². The Labute approximate surface area is 322 Å². The summed E-state index contributed by atoms with van der Waals surface area (Å²) in [6.45, 7) is 6.14. The fourth-order valence-corrected chi connectivity index (χ4v) is 8.19. The molecule has 0 N–H and O–H groups in total. The molecule has 0 radical (unpaired) electrons. The fourth-order valence-electron chi connectivity index (χ4n) is 8.19. The molecule has 2 heteroatoms. The van der Waals surface area contributed by atoms with Crippen LogP contribution in [0.25, 0.3) is 70.9 Å². The molecule has 1 heterocycles. The maximum atomic E-state index is 2.40. The summed E-state index contributed by atoms with van der Waals surface area (Å²) in [6.07, 6.45) is 6.20. The van der Waals surface area contributed by atoms with E-state index in [0.29, 0.717) is 0 Å². The van der Waals surface area contributed by atoms with Crippen molar-refractivity contribution in [3.05, 3.63) is 206 Å². The molecule has 0 aliphatic heterocycles. The lowest BCUT2D eigenvalue weighted by molar-refractivity contribution is 1.18. The van der Waals surface area contributed by atoms with E-state index in [0.717, 1.165) is 11.4 Å². The molecule has 9 aromatic carbocycles. The lowest BCUT2D eigenvalue weighted by Gasteiger charge is -2.27. The highest BCUT2D eigenvalue weighted by Gasteiger charge is 2.19. The zero-order valence-corrected chi connectivity index (χ0v) is 31.4. The van der Waals surface area contributed by atoms with Gasteiger partial charge in [0.15, 0.2) is 0 Å². The van der Waals surface area contributed by atoms with Gasteiger partial charge in [-0.25, -0.2) is 0 Å². The lowest BCUT2D eigenvalue weighted by Crippen LogP contribution is -2.10. The fraction of sp³-hybridized carbons (Fsp3) is 0.0566. The Bertz CT molecular complexity index is 2910. The second-order valence-electron chi connectivity index (χ2n) is 14.1. The Kier molecular flexibility index (Phi) is 8.94. The summed E-state index contributed by atoms with van der Waals surface area (Å²) < 4.78 is 2.40. The average Bonchev–Trinajstić information content (AvgIpc) is 3.59. The molecule has 0 spiro atoms. The molecule has 0 aliphatic carbocycles. The van der Waals surface area contributed by atoms with Crippen LogP contribution >= 0.6 is 0 Å². The van der Waals surface area contributed by atoms with E-state index in [-0.39, 0.29) is 0 Å². The lowest BCUT2D eigenvalue weighted by atomic mass is 9.89. The molecule has 10 rings (SSSR count). The summed E-state index contributed by atoms with van der Waals surface area (Å²) in [4.78, 5) is 2.38. The molecular formula is C53H42N2. The van der Waals surface area contributed by atoms with Crippen molar-refractivity contribution < 1.29 is 0 Å². The largest absolute Gasteiger partial charge is 0.310 e. The number of fused-ring (bicyclic) bond motifs is 3.